The molecule has 0 saturated carbocycles. The van der Waals surface area contributed by atoms with E-state index in [9.17, 15) is 32.2 Å². The molecule has 0 radical (unpaired) electrons. The van der Waals surface area contributed by atoms with Crippen molar-refractivity contribution in [1.82, 2.24) is 0 Å². The van der Waals surface area contributed by atoms with Crippen LogP contribution in [-0.4, -0.2) is 32.2 Å². The second-order valence-corrected chi connectivity index (χ2v) is 10.4. The van der Waals surface area contributed by atoms with Gasteiger partial charge >= 0.3 is 0 Å². The predicted octanol–water partition coefficient (Wildman–Crippen LogP) is 3.56. The van der Waals surface area contributed by atoms with E-state index in [2.05, 4.69) is 9.44 Å². The number of phenolic OH excluding ortho intramolecular Hbond substituents is 3. The van der Waals surface area contributed by atoms with Gasteiger partial charge in [0.15, 0.2) is 0 Å². The van der Waals surface area contributed by atoms with Crippen LogP contribution >= 0.6 is 0 Å². The molecule has 4 aromatic carbocycles. The Bertz CT molecular complexity index is 1580. The van der Waals surface area contributed by atoms with Crippen LogP contribution in [0.1, 0.15) is 0 Å². The number of para-hydroxylation sites is 4. The zero-order valence-electron chi connectivity index (χ0n) is 16.8. The average molecular weight is 487 g/mol. The van der Waals surface area contributed by atoms with Crippen LogP contribution in [0.15, 0.2) is 88.7 Å². The lowest BCUT2D eigenvalue weighted by Crippen LogP contribution is -2.17. The number of sulfonamides is 2. The van der Waals surface area contributed by atoms with Gasteiger partial charge in [-0.15, -0.1) is 0 Å². The van der Waals surface area contributed by atoms with Gasteiger partial charge in [0.1, 0.15) is 17.2 Å². The molecule has 4 rings (SSSR count). The Morgan fingerprint density at radius 3 is 1.73 bits per heavy atom. The Balaban J connectivity index is 1.88. The molecule has 4 aromatic rings. The minimum atomic E-state index is -4.41. The first kappa shape index (κ1) is 22.2. The summed E-state index contributed by atoms with van der Waals surface area (Å²) >= 11 is 0. The summed E-state index contributed by atoms with van der Waals surface area (Å²) in [6, 6.07) is 17.4. The minimum Gasteiger partial charge on any atom is -0.508 e. The van der Waals surface area contributed by atoms with Crippen molar-refractivity contribution in [1.29, 1.82) is 0 Å². The second kappa shape index (κ2) is 8.19. The molecule has 0 spiro atoms. The maximum atomic E-state index is 13.2. The standard InChI is InChI=1S/C22H18N2O7S2/c25-15-10-9-14-11-16(32(28,29)23-18-5-1-3-7-20(18)26)13-22(17(14)12-15)33(30,31)24-19-6-2-4-8-21(19)27/h1-13,23-27H. The molecule has 0 aliphatic carbocycles. The molecule has 0 fully saturated rings. The number of hydrogen-bond donors (Lipinski definition) is 5. The third-order valence-electron chi connectivity index (χ3n) is 4.77. The van der Waals surface area contributed by atoms with Gasteiger partial charge in [0, 0.05) is 5.39 Å². The summed E-state index contributed by atoms with van der Waals surface area (Å²) in [5, 5.41) is 30.1. The number of aromatic hydroxyl groups is 3. The van der Waals surface area contributed by atoms with Crippen LogP contribution < -0.4 is 9.44 Å². The van der Waals surface area contributed by atoms with E-state index in [1.54, 1.807) is 0 Å². The molecule has 0 bridgehead atoms. The number of nitrogens with one attached hydrogen (secondary N) is 2. The van der Waals surface area contributed by atoms with E-state index in [0.717, 1.165) is 6.07 Å². The van der Waals surface area contributed by atoms with Crippen LogP contribution in [0, 0.1) is 0 Å². The number of rotatable bonds is 6. The molecule has 9 nitrogen and oxygen atoms in total. The summed E-state index contributed by atoms with van der Waals surface area (Å²) in [4.78, 5) is -0.821. The predicted molar refractivity (Wildman–Crippen MR) is 123 cm³/mol. The molecule has 11 heteroatoms. The number of benzene rings is 4. The monoisotopic (exact) mass is 486 g/mol. The lowest BCUT2D eigenvalue weighted by Gasteiger charge is -2.15. The van der Waals surface area contributed by atoms with Crippen LogP contribution in [-0.2, 0) is 20.0 Å². The van der Waals surface area contributed by atoms with Crippen LogP contribution in [0.4, 0.5) is 11.4 Å². The molecular weight excluding hydrogens is 468 g/mol. The van der Waals surface area contributed by atoms with E-state index < -0.39 is 24.9 Å². The Hall–Kier alpha value is -3.96. The van der Waals surface area contributed by atoms with Crippen molar-refractivity contribution < 1.29 is 32.2 Å². The highest BCUT2D eigenvalue weighted by Crippen LogP contribution is 2.34. The van der Waals surface area contributed by atoms with E-state index in [1.165, 1.54) is 72.8 Å². The molecule has 0 aliphatic heterocycles. The Morgan fingerprint density at radius 2 is 1.15 bits per heavy atom. The van der Waals surface area contributed by atoms with Crippen molar-refractivity contribution in [3.05, 3.63) is 78.9 Å². The molecule has 0 amide bonds. The highest BCUT2D eigenvalue weighted by Gasteiger charge is 2.25. The summed E-state index contributed by atoms with van der Waals surface area (Å²) in [6.07, 6.45) is 0. The summed E-state index contributed by atoms with van der Waals surface area (Å²) in [5.74, 6) is -0.844. The zero-order chi connectivity index (χ0) is 23.8. The van der Waals surface area contributed by atoms with Gasteiger partial charge in [-0.1, -0.05) is 30.3 Å². The summed E-state index contributed by atoms with van der Waals surface area (Å²) in [5.41, 5.74) is -0.188. The lowest BCUT2D eigenvalue weighted by atomic mass is 10.1. The highest BCUT2D eigenvalue weighted by atomic mass is 32.2. The SMILES string of the molecule is O=S(=O)(Nc1ccccc1O)c1cc(S(=O)(=O)Nc2ccccc2O)c2cc(O)ccc2c1. The first-order valence-corrected chi connectivity index (χ1v) is 12.4. The zero-order valence-corrected chi connectivity index (χ0v) is 18.4. The van der Waals surface area contributed by atoms with Crippen LogP contribution in [0.3, 0.4) is 0 Å². The number of anilines is 2. The van der Waals surface area contributed by atoms with Crippen LogP contribution in [0.2, 0.25) is 0 Å². The minimum absolute atomic E-state index is 0.0689. The van der Waals surface area contributed by atoms with Gasteiger partial charge in [-0.3, -0.25) is 9.44 Å². The molecule has 33 heavy (non-hydrogen) atoms. The smallest absolute Gasteiger partial charge is 0.262 e. The van der Waals surface area contributed by atoms with Crippen molar-refractivity contribution in [2.24, 2.45) is 0 Å². The van der Waals surface area contributed by atoms with Crippen LogP contribution in [0.25, 0.3) is 10.8 Å². The largest absolute Gasteiger partial charge is 0.508 e. The number of fused-ring (bicyclic) bond motifs is 1. The van der Waals surface area contributed by atoms with Gasteiger partial charge in [-0.05, 0) is 53.9 Å². The Morgan fingerprint density at radius 1 is 0.606 bits per heavy atom. The van der Waals surface area contributed by atoms with E-state index in [-0.39, 0.29) is 44.3 Å². The van der Waals surface area contributed by atoms with Gasteiger partial charge in [-0.2, -0.15) is 0 Å². The van der Waals surface area contributed by atoms with Gasteiger partial charge in [-0.25, -0.2) is 16.8 Å². The molecule has 0 saturated heterocycles. The quantitative estimate of drug-likeness (QED) is 0.261. The van der Waals surface area contributed by atoms with Crippen LogP contribution in [0.5, 0.6) is 17.2 Å². The Kier molecular flexibility index (Phi) is 5.52. The fraction of sp³-hybridized carbons (Fsp3) is 0. The molecule has 170 valence electrons. The third kappa shape index (κ3) is 4.49. The maximum Gasteiger partial charge on any atom is 0.262 e. The molecule has 0 heterocycles. The fourth-order valence-corrected chi connectivity index (χ4v) is 5.72. The summed E-state index contributed by atoms with van der Waals surface area (Å²) in [6.45, 7) is 0. The first-order chi connectivity index (χ1) is 15.6. The first-order valence-electron chi connectivity index (χ1n) is 9.45. The molecule has 5 N–H and O–H groups in total. The normalized spacial score (nSPS) is 11.9. The van der Waals surface area contributed by atoms with Gasteiger partial charge in [0.25, 0.3) is 20.0 Å². The number of phenols is 3. The van der Waals surface area contributed by atoms with Crippen molar-refractivity contribution in [3.8, 4) is 17.2 Å². The van der Waals surface area contributed by atoms with E-state index in [0.29, 0.717) is 0 Å². The molecule has 0 unspecified atom stereocenters. The molecule has 0 atom stereocenters. The van der Waals surface area contributed by atoms with E-state index in [1.807, 2.05) is 0 Å². The van der Waals surface area contributed by atoms with E-state index >= 15 is 0 Å². The average Bonchev–Trinajstić information content (AvgIpc) is 2.76. The lowest BCUT2D eigenvalue weighted by molar-refractivity contribution is 0.476. The summed E-state index contributed by atoms with van der Waals surface area (Å²) in [7, 11) is -8.72. The third-order valence-corrected chi connectivity index (χ3v) is 7.52. The maximum absolute atomic E-state index is 13.2. The van der Waals surface area contributed by atoms with Crippen molar-refractivity contribution in [3.63, 3.8) is 0 Å². The van der Waals surface area contributed by atoms with Gasteiger partial charge in [0.2, 0.25) is 0 Å². The van der Waals surface area contributed by atoms with Gasteiger partial charge < -0.3 is 15.3 Å². The highest BCUT2D eigenvalue weighted by molar-refractivity contribution is 7.93. The van der Waals surface area contributed by atoms with Gasteiger partial charge in [0.05, 0.1) is 21.2 Å². The van der Waals surface area contributed by atoms with Crippen molar-refractivity contribution >= 4 is 42.2 Å². The summed E-state index contributed by atoms with van der Waals surface area (Å²) < 4.78 is 57.0. The number of hydrogen-bond acceptors (Lipinski definition) is 7. The molecule has 0 aromatic heterocycles. The fourth-order valence-electron chi connectivity index (χ4n) is 3.19. The topological polar surface area (TPSA) is 153 Å². The van der Waals surface area contributed by atoms with E-state index in [4.69, 9.17) is 0 Å². The molecular formula is C22H18N2O7S2. The second-order valence-electron chi connectivity index (χ2n) is 7.07. The van der Waals surface area contributed by atoms with Crippen molar-refractivity contribution in [2.75, 3.05) is 9.44 Å². The Labute approximate surface area is 189 Å². The molecule has 0 aliphatic rings. The van der Waals surface area contributed by atoms with Crippen molar-refractivity contribution in [2.45, 2.75) is 9.79 Å².